The van der Waals surface area contributed by atoms with Crippen molar-refractivity contribution in [3.63, 3.8) is 0 Å². The molecule has 2 amide bonds. The third-order valence-corrected chi connectivity index (χ3v) is 13.0. The van der Waals surface area contributed by atoms with E-state index < -0.39 is 29.9 Å². The van der Waals surface area contributed by atoms with E-state index >= 15 is 0 Å². The number of allylic oxidation sites excluding steroid dienone is 1. The summed E-state index contributed by atoms with van der Waals surface area (Å²) >= 11 is 0. The van der Waals surface area contributed by atoms with Gasteiger partial charge in [-0.05, 0) is 92.3 Å². The molecule has 1 saturated carbocycles. The van der Waals surface area contributed by atoms with Gasteiger partial charge in [0, 0.05) is 44.2 Å². The molecule has 354 valence electrons. The maximum absolute atomic E-state index is 14.8. The average molecular weight is 892 g/mol. The zero-order valence-corrected chi connectivity index (χ0v) is 38.6. The van der Waals surface area contributed by atoms with E-state index in [1.54, 1.807) is 35.2 Å². The number of hydrogen-bond acceptors (Lipinski definition) is 10. The number of fused-ring (bicyclic) bond motifs is 2. The summed E-state index contributed by atoms with van der Waals surface area (Å²) in [6.45, 7) is 8.98. The van der Waals surface area contributed by atoms with E-state index in [1.165, 1.54) is 57.8 Å². The van der Waals surface area contributed by atoms with Gasteiger partial charge < -0.3 is 39.3 Å². The Morgan fingerprint density at radius 1 is 0.938 bits per heavy atom. The summed E-state index contributed by atoms with van der Waals surface area (Å²) in [5.41, 5.74) is 3.02. The lowest BCUT2D eigenvalue weighted by Crippen LogP contribution is -2.70. The van der Waals surface area contributed by atoms with Crippen LogP contribution in [-0.4, -0.2) is 84.9 Å². The maximum Gasteiger partial charge on any atom is 0.412 e. The summed E-state index contributed by atoms with van der Waals surface area (Å²) in [6, 6.07) is 10.6. The maximum atomic E-state index is 14.8. The molecule has 5 rings (SSSR count). The van der Waals surface area contributed by atoms with Gasteiger partial charge in [0.1, 0.15) is 30.5 Å². The summed E-state index contributed by atoms with van der Waals surface area (Å²) in [5, 5.41) is 27.1. The highest BCUT2D eigenvalue weighted by atomic mass is 19.1. The van der Waals surface area contributed by atoms with Crippen molar-refractivity contribution in [3.8, 4) is 11.5 Å². The normalized spacial score (nSPS) is 22.7. The van der Waals surface area contributed by atoms with Gasteiger partial charge in [-0.2, -0.15) is 0 Å². The van der Waals surface area contributed by atoms with Crippen LogP contribution in [0.25, 0.3) is 0 Å². The molecule has 3 aliphatic rings. The van der Waals surface area contributed by atoms with Crippen LogP contribution in [0.15, 0.2) is 71.9 Å². The van der Waals surface area contributed by atoms with E-state index in [1.807, 2.05) is 13.0 Å². The zero-order valence-electron chi connectivity index (χ0n) is 38.6. The number of carbonyl (C=O) groups excluding carboxylic acids is 2. The van der Waals surface area contributed by atoms with Crippen LogP contribution in [0.4, 0.5) is 14.0 Å². The first-order valence-electron chi connectivity index (χ1n) is 24.0. The number of carbonyl (C=O) groups is 2. The monoisotopic (exact) mass is 892 g/mol. The number of aliphatic hydroxyl groups is 2. The van der Waals surface area contributed by atoms with Crippen molar-refractivity contribution in [3.05, 3.63) is 83.7 Å². The van der Waals surface area contributed by atoms with Gasteiger partial charge in [-0.3, -0.25) is 4.90 Å². The first-order valence-corrected chi connectivity index (χ1v) is 24.0. The molecular weight excluding hydrogens is 818 g/mol. The highest BCUT2D eigenvalue weighted by Gasteiger charge is 2.65. The van der Waals surface area contributed by atoms with Crippen LogP contribution in [-0.2, 0) is 20.9 Å². The Kier molecular flexibility index (Phi) is 20.9. The van der Waals surface area contributed by atoms with E-state index in [-0.39, 0.29) is 63.0 Å². The lowest BCUT2D eigenvalue weighted by molar-refractivity contribution is -0.256. The molecule has 0 unspecified atom stereocenters. The number of nitrogens with zero attached hydrogens (tertiary/aromatic N) is 2. The summed E-state index contributed by atoms with van der Waals surface area (Å²) < 4.78 is 40.5. The lowest BCUT2D eigenvalue weighted by Gasteiger charge is -2.59. The van der Waals surface area contributed by atoms with Crippen LogP contribution >= 0.6 is 0 Å². The fraction of sp³-hybridized carbons (Fsp3) is 0.627. The molecule has 3 N–H and O–H groups in total. The van der Waals surface area contributed by atoms with Crippen molar-refractivity contribution in [1.29, 1.82) is 0 Å². The van der Waals surface area contributed by atoms with Crippen LogP contribution in [0, 0.1) is 23.6 Å². The van der Waals surface area contributed by atoms with Crippen molar-refractivity contribution in [1.82, 2.24) is 10.2 Å². The first-order chi connectivity index (χ1) is 31.2. The van der Waals surface area contributed by atoms with Gasteiger partial charge in [-0.25, -0.2) is 14.0 Å². The molecule has 2 aromatic carbocycles. The van der Waals surface area contributed by atoms with Gasteiger partial charge in [0.25, 0.3) is 0 Å². The van der Waals surface area contributed by atoms with Gasteiger partial charge in [0.2, 0.25) is 5.79 Å². The minimum absolute atomic E-state index is 0.0237. The minimum atomic E-state index is -1.52. The second-order valence-electron chi connectivity index (χ2n) is 17.4. The van der Waals surface area contributed by atoms with Crippen molar-refractivity contribution >= 4 is 17.9 Å². The minimum Gasteiger partial charge on any atom is -0.459 e. The van der Waals surface area contributed by atoms with Gasteiger partial charge in [-0.1, -0.05) is 107 Å². The molecule has 64 heavy (non-hydrogen) atoms. The summed E-state index contributed by atoms with van der Waals surface area (Å²) in [6.07, 6.45) is 18.8. The van der Waals surface area contributed by atoms with E-state index in [4.69, 9.17) is 23.8 Å². The number of hydrogen-bond donors (Lipinski definition) is 3. The number of unbranched alkanes of at least 4 members (excludes halogenated alkanes) is 11. The summed E-state index contributed by atoms with van der Waals surface area (Å²) in [4.78, 5) is 34.7. The molecule has 0 saturated heterocycles. The first kappa shape index (κ1) is 50.5. The van der Waals surface area contributed by atoms with E-state index in [0.717, 1.165) is 62.5 Å². The molecular formula is C51H74FN3O9. The molecule has 0 spiro atoms. The Labute approximate surface area is 380 Å². The van der Waals surface area contributed by atoms with Crippen molar-refractivity contribution in [2.45, 2.75) is 147 Å². The third kappa shape index (κ3) is 13.3. The quantitative estimate of drug-likeness (QED) is 0.0431. The predicted octanol–water partition coefficient (Wildman–Crippen LogP) is 10.8. The van der Waals surface area contributed by atoms with Gasteiger partial charge in [-0.15, -0.1) is 6.58 Å². The molecule has 1 aliphatic heterocycles. The highest BCUT2D eigenvalue weighted by molar-refractivity contribution is 6.03. The SMILES string of the molecule is C=CCO[C@@]12Oc3ccc(OC(=O)NCC)cc3[C@H]3[C@H](CCCCO)[C@@H](CCCCO)C=C(C(=NOC)C[C@@H]1N(Cc1ccc(F)cc1)C(=O)OCCCCCCCCCCCC)[C@H]32. The number of oxime groups is 1. The predicted molar refractivity (Wildman–Crippen MR) is 247 cm³/mol. The molecule has 0 aromatic heterocycles. The Balaban J connectivity index is 1.60. The van der Waals surface area contributed by atoms with Gasteiger partial charge in [0.05, 0.1) is 24.8 Å². The highest BCUT2D eigenvalue weighted by Crippen LogP contribution is 2.62. The standard InChI is InChI=1S/C51H74FN3O9/c1-5-8-9-10-11-12-13-14-15-20-32-61-50(59)55(36-37-23-25-39(52)26-24-37)46-35-44(54-60-4)42-33-38(21-16-18-29-56)41(22-17-19-30-57)47-43-34-40(63-49(58)53-7-3)27-28-45(43)64-51(46,48(42)47)62-31-6-2/h6,23-28,33-34,38,41,46-48,56-57H,2,5,7-22,29-32,35-36H2,1,3-4H3,(H,53,58)/t38-,41+,46-,47+,48+,51+/m0/s1. The molecule has 12 nitrogen and oxygen atoms in total. The van der Waals surface area contributed by atoms with Crippen LogP contribution in [0.5, 0.6) is 11.5 Å². The molecule has 1 heterocycles. The largest absolute Gasteiger partial charge is 0.459 e. The number of benzene rings is 2. The van der Waals surface area contributed by atoms with Crippen LogP contribution in [0.1, 0.15) is 140 Å². The fourth-order valence-electron chi connectivity index (χ4n) is 10.0. The molecule has 6 atom stereocenters. The Morgan fingerprint density at radius 3 is 2.28 bits per heavy atom. The van der Waals surface area contributed by atoms with Crippen LogP contribution in [0.3, 0.4) is 0 Å². The number of nitrogens with one attached hydrogen (secondary N) is 1. The summed E-state index contributed by atoms with van der Waals surface area (Å²) in [7, 11) is 1.50. The molecule has 13 heteroatoms. The lowest BCUT2D eigenvalue weighted by atomic mass is 9.55. The van der Waals surface area contributed by atoms with Gasteiger partial charge >= 0.3 is 12.2 Å². The van der Waals surface area contributed by atoms with Gasteiger partial charge in [0.15, 0.2) is 0 Å². The molecule has 0 bridgehead atoms. The molecule has 0 radical (unpaired) electrons. The molecule has 1 fully saturated rings. The second-order valence-corrected chi connectivity index (χ2v) is 17.4. The fourth-order valence-corrected chi connectivity index (χ4v) is 10.0. The summed E-state index contributed by atoms with van der Waals surface area (Å²) in [5.74, 6) is -1.92. The Morgan fingerprint density at radius 2 is 1.62 bits per heavy atom. The zero-order chi connectivity index (χ0) is 45.7. The van der Waals surface area contributed by atoms with Crippen molar-refractivity contribution in [2.24, 2.45) is 22.9 Å². The number of amides is 2. The van der Waals surface area contributed by atoms with Crippen molar-refractivity contribution in [2.75, 3.05) is 40.1 Å². The molecule has 2 aliphatic carbocycles. The van der Waals surface area contributed by atoms with E-state index in [2.05, 4.69) is 30.1 Å². The number of aliphatic hydroxyl groups excluding tert-OH is 2. The number of halogens is 1. The molecule has 2 aromatic rings. The van der Waals surface area contributed by atoms with Crippen LogP contribution in [0.2, 0.25) is 0 Å². The average Bonchev–Trinajstić information content (AvgIpc) is 3.29. The smallest absolute Gasteiger partial charge is 0.412 e. The Bertz CT molecular complexity index is 1820. The van der Waals surface area contributed by atoms with E-state index in [0.29, 0.717) is 42.2 Å². The third-order valence-electron chi connectivity index (χ3n) is 13.0. The van der Waals surface area contributed by atoms with Crippen LogP contribution < -0.4 is 14.8 Å². The topological polar surface area (TPSA) is 148 Å². The second kappa shape index (κ2) is 26.5. The Hall–Kier alpha value is -4.46. The van der Waals surface area contributed by atoms with Crippen molar-refractivity contribution < 1.29 is 48.0 Å². The van der Waals surface area contributed by atoms with E-state index in [9.17, 15) is 24.2 Å². The number of rotatable bonds is 28. The number of ether oxygens (including phenoxy) is 4.